The van der Waals surface area contributed by atoms with Crippen LogP contribution in [0.25, 0.3) is 0 Å². The second kappa shape index (κ2) is 45.6. The van der Waals surface area contributed by atoms with E-state index in [1.54, 1.807) is 0 Å². The number of hydrogen-bond donors (Lipinski definition) is 34. The third-order valence-electron chi connectivity index (χ3n) is 23.7. The van der Waals surface area contributed by atoms with Crippen molar-refractivity contribution in [2.24, 2.45) is 0 Å². The van der Waals surface area contributed by atoms with Gasteiger partial charge in [0.05, 0.1) is 39.6 Å². The number of carboxylic acid groups (broad SMARTS) is 5. The van der Waals surface area contributed by atoms with Crippen molar-refractivity contribution in [2.75, 3.05) is 39.6 Å². The Bertz CT molecular complexity index is 3910. The van der Waals surface area contributed by atoms with Crippen LogP contribution in [0.1, 0.15) is 20.8 Å². The molecule has 0 aromatic rings. The van der Waals surface area contributed by atoms with E-state index in [1.165, 1.54) is 0 Å². The van der Waals surface area contributed by atoms with Gasteiger partial charge in [0.2, 0.25) is 17.7 Å². The largest absolute Gasteiger partial charge is 0.479 e. The average Bonchev–Trinajstić information content (AvgIpc) is 0.750. The van der Waals surface area contributed by atoms with Crippen LogP contribution in [-0.2, 0) is 138 Å². The minimum atomic E-state index is -2.75. The van der Waals surface area contributed by atoms with Crippen LogP contribution in [0, 0.1) is 0 Å². The van der Waals surface area contributed by atoms with Crippen LogP contribution in [0.4, 0.5) is 0 Å². The van der Waals surface area contributed by atoms with Crippen LogP contribution in [0.3, 0.4) is 0 Å². The number of carboxylic acids is 5. The fourth-order valence-corrected chi connectivity index (χ4v) is 16.7. The molecule has 0 radical (unpaired) electrons. The average molecular weight is 1960 g/mol. The highest BCUT2D eigenvalue weighted by Crippen LogP contribution is 2.42. The summed E-state index contributed by atoms with van der Waals surface area (Å²) in [7, 11) is 0. The lowest BCUT2D eigenvalue weighted by molar-refractivity contribution is -0.392. The zero-order chi connectivity index (χ0) is 99.0. The predicted octanol–water partition coefficient (Wildman–Crippen LogP) is -23.4. The first-order valence-corrected chi connectivity index (χ1v) is 41.0. The van der Waals surface area contributed by atoms with Crippen LogP contribution in [0.15, 0.2) is 0 Å². The smallest absolute Gasteiger partial charge is 0.335 e. The molecule has 0 saturated carbocycles. The molecule has 63 nitrogen and oxygen atoms in total. The zero-order valence-corrected chi connectivity index (χ0v) is 69.6. The summed E-state index contributed by atoms with van der Waals surface area (Å²) in [6, 6.07) is -6.47. The van der Waals surface area contributed by atoms with Crippen LogP contribution in [0.5, 0.6) is 0 Å². The van der Waals surface area contributed by atoms with Gasteiger partial charge in [-0.25, -0.2) is 24.0 Å². The number of carbonyl (C=O) groups excluding carboxylic acids is 3. The Morgan fingerprint density at radius 3 is 0.709 bits per heavy atom. The third kappa shape index (κ3) is 22.9. The van der Waals surface area contributed by atoms with Crippen LogP contribution < -0.4 is 16.0 Å². The maximum Gasteiger partial charge on any atom is 0.335 e. The molecule has 34 N–H and O–H groups in total. The van der Waals surface area contributed by atoms with Gasteiger partial charge in [0, 0.05) is 20.8 Å². The van der Waals surface area contributed by atoms with Crippen molar-refractivity contribution >= 4 is 47.6 Å². The van der Waals surface area contributed by atoms with Gasteiger partial charge < -0.3 is 274 Å². The van der Waals surface area contributed by atoms with Gasteiger partial charge in [-0.05, 0) is 0 Å². The van der Waals surface area contributed by atoms with Gasteiger partial charge in [0.15, 0.2) is 99.7 Å². The topological polar surface area (TPSA) is 994 Å². The van der Waals surface area contributed by atoms with Crippen LogP contribution in [-0.4, -0.2) is 577 Å². The van der Waals surface area contributed by atoms with E-state index in [1.807, 2.05) is 0 Å². The zero-order valence-electron chi connectivity index (χ0n) is 69.6. The molecule has 0 aromatic heterocycles. The van der Waals surface area contributed by atoms with Crippen molar-refractivity contribution in [3.05, 3.63) is 0 Å². The van der Waals surface area contributed by atoms with Crippen LogP contribution >= 0.6 is 0 Å². The molecule has 11 fully saturated rings. The van der Waals surface area contributed by atoms with Crippen molar-refractivity contribution in [1.29, 1.82) is 0 Å². The molecule has 768 valence electrons. The molecule has 11 rings (SSSR count). The molecule has 54 atom stereocenters. The number of aliphatic hydroxyl groups excluding tert-OH is 26. The summed E-state index contributed by atoms with van der Waals surface area (Å²) in [4.78, 5) is 104. The quantitative estimate of drug-likeness (QED) is 0.0290. The van der Waals surface area contributed by atoms with Gasteiger partial charge in [0.1, 0.15) is 232 Å². The van der Waals surface area contributed by atoms with E-state index >= 15 is 0 Å². The van der Waals surface area contributed by atoms with E-state index in [-0.39, 0.29) is 0 Å². The summed E-state index contributed by atoms with van der Waals surface area (Å²) in [6.45, 7) is -4.27. The highest BCUT2D eigenvalue weighted by atomic mass is 16.8. The molecule has 63 heteroatoms. The SMILES string of the molecule is CC(=O)N[C@H]1[C@H](O[C@H]2[C@H](O)[C@@H](O)[C@H](O[C@H]3[C@H](O)[C@@H](CO)O[C@@H](O[C@H]4[C@H](O)[C@@H](O)[C@H](O[C@H]5[C@H](O)[C@@H](CO)O[C@@H](O[C@H]6[C@H](O)[C@@H](O)[C@H](O[C@H]7[C@H](O)[C@@H](O)[C@H](O[C@H]8[C@@H](O)[C@@H](CO)O[C@@H](O[C@H]9[C@@H](O)[C@@H](CO)O[C@@H](O[C@@H]%10CO[C@H](O)[C@H](O)[C@H]%10O)[C@@H]9O)[C@@H]8O)O[C@@H]7C(=O)O)O[C@@H]6C(=O)O)[C@@H]5NC(C)=O)O[C@@H]4C(=O)O)[C@@H]3NC(C)=O)O[C@@H]2C(=O)O)O[C@H](CO)[C@@H](O)[C@@H]1O[C@@H]1O[C@H](C(=O)O)[C@@H](O)[C@H](O)[C@H]1O. The van der Waals surface area contributed by atoms with E-state index in [0.29, 0.717) is 0 Å². The Kier molecular flexibility index (Phi) is 36.9. The Morgan fingerprint density at radius 1 is 0.231 bits per heavy atom. The number of ether oxygens (including phenoxy) is 21. The normalized spacial score (nSPS) is 49.1. The lowest BCUT2D eigenvalue weighted by Gasteiger charge is -2.51. The second-order valence-electron chi connectivity index (χ2n) is 32.7. The summed E-state index contributed by atoms with van der Waals surface area (Å²) < 4.78 is 118. The molecule has 3 amide bonds. The number of hydrogen-bond acceptors (Lipinski definition) is 55. The predicted molar refractivity (Wildman–Crippen MR) is 394 cm³/mol. The Morgan fingerprint density at radius 2 is 0.448 bits per heavy atom. The van der Waals surface area contributed by atoms with Crippen molar-refractivity contribution < 1.29 is 296 Å². The summed E-state index contributed by atoms with van der Waals surface area (Å²) in [5.41, 5.74) is 0. The van der Waals surface area contributed by atoms with Crippen molar-refractivity contribution in [3.8, 4) is 0 Å². The first-order valence-electron chi connectivity index (χ1n) is 41.0. The fraction of sp³-hybridized carbons (Fsp3) is 0.887. The molecule has 11 aliphatic heterocycles. The molecule has 11 aliphatic rings. The maximum atomic E-state index is 13.4. The second-order valence-corrected chi connectivity index (χ2v) is 32.7. The van der Waals surface area contributed by atoms with E-state index in [4.69, 9.17) is 99.5 Å². The first-order chi connectivity index (χ1) is 63.0. The number of aliphatic hydroxyl groups is 26. The summed E-state index contributed by atoms with van der Waals surface area (Å²) in [5.74, 6) is -13.8. The Balaban J connectivity index is 0.764. The highest BCUT2D eigenvalue weighted by molar-refractivity contribution is 5.76. The molecular formula is C71H109N3O60. The van der Waals surface area contributed by atoms with Gasteiger partial charge in [-0.2, -0.15) is 0 Å². The van der Waals surface area contributed by atoms with E-state index in [9.17, 15) is 197 Å². The van der Waals surface area contributed by atoms with Crippen LogP contribution in [0.2, 0.25) is 0 Å². The summed E-state index contributed by atoms with van der Waals surface area (Å²) in [5, 5.41) is 347. The van der Waals surface area contributed by atoms with Gasteiger partial charge in [-0.1, -0.05) is 0 Å². The van der Waals surface area contributed by atoms with Gasteiger partial charge in [-0.15, -0.1) is 0 Å². The van der Waals surface area contributed by atoms with Crippen molar-refractivity contribution in [2.45, 2.75) is 352 Å². The van der Waals surface area contributed by atoms with Gasteiger partial charge in [-0.3, -0.25) is 14.4 Å². The molecule has 0 spiro atoms. The Labute approximate surface area is 749 Å². The van der Waals surface area contributed by atoms with Crippen molar-refractivity contribution in [3.63, 3.8) is 0 Å². The molecular weight excluding hydrogens is 1850 g/mol. The monoisotopic (exact) mass is 1960 g/mol. The van der Waals surface area contributed by atoms with E-state index in [2.05, 4.69) is 16.0 Å². The fourth-order valence-electron chi connectivity index (χ4n) is 16.7. The van der Waals surface area contributed by atoms with Gasteiger partial charge >= 0.3 is 29.8 Å². The minimum absolute atomic E-state index is 0.633. The van der Waals surface area contributed by atoms with E-state index < -0.39 is 419 Å². The third-order valence-corrected chi connectivity index (χ3v) is 23.7. The molecule has 134 heavy (non-hydrogen) atoms. The number of aliphatic carboxylic acids is 5. The van der Waals surface area contributed by atoms with E-state index in [0.717, 1.165) is 20.8 Å². The summed E-state index contributed by atoms with van der Waals surface area (Å²) >= 11 is 0. The number of nitrogens with one attached hydrogen (secondary N) is 3. The molecule has 0 aromatic carbocycles. The molecule has 0 bridgehead atoms. The number of carbonyl (C=O) groups is 8. The lowest BCUT2D eigenvalue weighted by atomic mass is 9.93. The van der Waals surface area contributed by atoms with Gasteiger partial charge in [0.25, 0.3) is 0 Å². The number of rotatable bonds is 33. The molecule has 0 aliphatic carbocycles. The molecule has 11 heterocycles. The number of amides is 3. The first kappa shape index (κ1) is 108. The summed E-state index contributed by atoms with van der Waals surface area (Å²) in [6.07, 6.45) is -120. The highest BCUT2D eigenvalue weighted by Gasteiger charge is 2.65. The Hall–Kier alpha value is -6.12. The molecule has 11 saturated heterocycles. The minimum Gasteiger partial charge on any atom is -0.479 e. The lowest BCUT2D eigenvalue weighted by Crippen LogP contribution is -2.71. The van der Waals surface area contributed by atoms with Crippen molar-refractivity contribution in [1.82, 2.24) is 16.0 Å². The maximum absolute atomic E-state index is 13.4. The molecule has 0 unspecified atom stereocenters. The standard InChI is InChI=1S/C71H109N3O60/c1-10(80)72-19-42(121-65-35(96)28(89)29(90)51(130-65)56(103)104)23(84)13(4-75)115-62(19)126-47-30(91)36(97)66(131-52(47)57(105)106)122-43-20(73-11(2)81)63(116-14(5-76)24(43)85)127-48-31(92)37(98)67(132-53(48)58(107)108)123-44-21(74-12(3)82)64(117-15(6-77)25(44)86)128-49-32(93)39(100)69(134-54(49)59(109)110)129-50-33(94)38(99)68(133-55(50)60(111)112)124-46-27(88)17(8-79)119-71(41(46)102)125-45-26(87)16(7-78)118-70(40(45)101)120-18-9-114-61(113)34(95)22(18)83/h13-55,61-71,75-79,83-102,113H,4-9H2,1-3H3,(H,72,80)(H,73,81)(H,74,82)(H,103,104)(H,105,106)(H,107,108)(H,109,110)(H,111,112)/t13-,14-,15-,16-,17-,18-,19-,20-,21-,22+,23-,24-,25-,26+,27+,28+,29+,30-,31-,32-,33-,34-,35-,36-,37-,38-,39-,40-,41-,42-,43-,44-,45+,46+,47+,48+,49+,50+,51+,52+,53+,54+,55+,61+,62+,63+,64+,65-,66-,67-,68-,69-,70+,71+/m1/s1.